The number of carbonyl (C=O) groups is 4. The van der Waals surface area contributed by atoms with Crippen LogP contribution in [0.1, 0.15) is 310 Å². The Balaban J connectivity index is 5.33. The van der Waals surface area contributed by atoms with Crippen LogP contribution >= 0.6 is 15.6 Å². The van der Waals surface area contributed by atoms with Crippen molar-refractivity contribution in [1.29, 1.82) is 0 Å². The highest BCUT2D eigenvalue weighted by atomic mass is 31.2. The maximum Gasteiger partial charge on any atom is 0.472 e. The summed E-state index contributed by atoms with van der Waals surface area (Å²) in [6, 6.07) is 0. The fraction of sp³-hybridized carbons (Fsp3) is 0.781. The number of aliphatic hydroxyl groups is 1. The fourth-order valence-corrected chi connectivity index (χ4v) is 11.1. The summed E-state index contributed by atoms with van der Waals surface area (Å²) < 4.78 is 68.2. The van der Waals surface area contributed by atoms with Crippen LogP contribution < -0.4 is 0 Å². The molecule has 0 aromatic rings. The van der Waals surface area contributed by atoms with Gasteiger partial charge in [0.2, 0.25) is 0 Å². The molecule has 92 heavy (non-hydrogen) atoms. The largest absolute Gasteiger partial charge is 0.472 e. The van der Waals surface area contributed by atoms with Gasteiger partial charge in [0.15, 0.2) is 12.2 Å². The number of phosphoric ester groups is 2. The minimum atomic E-state index is -4.97. The van der Waals surface area contributed by atoms with Gasteiger partial charge < -0.3 is 33.8 Å². The Morgan fingerprint density at radius 2 is 0.565 bits per heavy atom. The first-order chi connectivity index (χ1) is 44.7. The Bertz CT molecular complexity index is 2040. The standard InChI is InChI=1S/C73H130O17P2/c1-5-9-13-17-21-25-29-32-33-36-39-42-46-50-54-58-71(76)84-64-69(90-73(78)60-56-52-48-44-40-35-31-27-23-19-15-11-7-3)66-88-92(81,82)86-62-67(74)61-85-91(79,80)87-65-68(89-72(77)59-55-51-47-43-37-28-24-20-16-12-8-4)63-83-70(75)57-53-49-45-41-38-34-30-26-22-18-14-10-6-2/h15,19-21,24-27,30-33,67-69,74H,5-14,16-18,22-23,28-29,34-66H2,1-4H3,(H,79,80)(H,81,82)/b19-15-,24-20-,25-21-,30-26-,31-27-,33-32-. The average molecular weight is 1340 g/mol. The quantitative estimate of drug-likeness (QED) is 0.0169. The smallest absolute Gasteiger partial charge is 0.462 e. The van der Waals surface area contributed by atoms with Crippen LogP contribution in [0.3, 0.4) is 0 Å². The molecule has 5 unspecified atom stereocenters. The van der Waals surface area contributed by atoms with E-state index in [4.69, 9.17) is 37.0 Å². The van der Waals surface area contributed by atoms with Crippen LogP contribution in [0.5, 0.6) is 0 Å². The monoisotopic (exact) mass is 1340 g/mol. The Labute approximate surface area is 558 Å². The molecule has 0 aliphatic rings. The van der Waals surface area contributed by atoms with Gasteiger partial charge in [0.1, 0.15) is 19.3 Å². The van der Waals surface area contributed by atoms with Gasteiger partial charge in [0.05, 0.1) is 26.4 Å². The van der Waals surface area contributed by atoms with Crippen LogP contribution in [0.15, 0.2) is 72.9 Å². The zero-order valence-electron chi connectivity index (χ0n) is 58.0. The van der Waals surface area contributed by atoms with Crippen molar-refractivity contribution in [3.05, 3.63) is 72.9 Å². The van der Waals surface area contributed by atoms with Crippen LogP contribution in [0.25, 0.3) is 0 Å². The summed E-state index contributed by atoms with van der Waals surface area (Å²) in [5, 5.41) is 10.6. The third-order valence-electron chi connectivity index (χ3n) is 15.1. The lowest BCUT2D eigenvalue weighted by Crippen LogP contribution is -2.30. The van der Waals surface area contributed by atoms with Gasteiger partial charge in [-0.05, 0) is 128 Å². The predicted octanol–water partition coefficient (Wildman–Crippen LogP) is 20.1. The highest BCUT2D eigenvalue weighted by molar-refractivity contribution is 7.47. The van der Waals surface area contributed by atoms with Crippen molar-refractivity contribution in [2.75, 3.05) is 39.6 Å². The molecule has 3 N–H and O–H groups in total. The summed E-state index contributed by atoms with van der Waals surface area (Å²) in [5.74, 6) is -2.21. The molecule has 534 valence electrons. The first kappa shape index (κ1) is 88.5. The van der Waals surface area contributed by atoms with Crippen LogP contribution in [0.2, 0.25) is 0 Å². The summed E-state index contributed by atoms with van der Waals surface area (Å²) in [6.07, 6.45) is 63.4. The van der Waals surface area contributed by atoms with Crippen molar-refractivity contribution in [2.45, 2.75) is 329 Å². The number of ether oxygens (including phenoxy) is 4. The first-order valence-electron chi connectivity index (χ1n) is 36.2. The Kier molecular flexibility index (Phi) is 63.6. The molecule has 0 radical (unpaired) electrons. The van der Waals surface area contributed by atoms with Crippen molar-refractivity contribution < 1.29 is 80.2 Å². The van der Waals surface area contributed by atoms with Crippen LogP contribution in [0, 0.1) is 0 Å². The molecule has 0 bridgehead atoms. The first-order valence-corrected chi connectivity index (χ1v) is 39.2. The van der Waals surface area contributed by atoms with Crippen molar-refractivity contribution in [3.8, 4) is 0 Å². The van der Waals surface area contributed by atoms with E-state index >= 15 is 0 Å². The highest BCUT2D eigenvalue weighted by Gasteiger charge is 2.30. The highest BCUT2D eigenvalue weighted by Crippen LogP contribution is 2.45. The summed E-state index contributed by atoms with van der Waals surface area (Å²) in [5.41, 5.74) is 0. The maximum absolute atomic E-state index is 13.0. The minimum Gasteiger partial charge on any atom is -0.462 e. The van der Waals surface area contributed by atoms with Gasteiger partial charge in [-0.25, -0.2) is 9.13 Å². The van der Waals surface area contributed by atoms with Crippen molar-refractivity contribution in [2.24, 2.45) is 0 Å². The molecular weight excluding hydrogens is 1210 g/mol. The molecule has 0 saturated heterocycles. The SMILES string of the molecule is CCC/C=C\C/C=C\CCCCCCCC(=O)OC(COC(=O)CCCCCCC/C=C\C/C=C\CCCCC)COP(=O)(O)OCC(O)COP(=O)(O)OCC(COC(=O)CCCCCCC/C=C\CCCCCC)OC(=O)CCCCCCC/C=C\CCCC. The molecular formula is C73H130O17P2. The number of rotatable bonds is 68. The molecule has 5 atom stereocenters. The third kappa shape index (κ3) is 65.2. The lowest BCUT2D eigenvalue weighted by atomic mass is 10.1. The molecule has 0 amide bonds. The second-order valence-electron chi connectivity index (χ2n) is 24.2. The van der Waals surface area contributed by atoms with E-state index in [2.05, 4.69) is 101 Å². The molecule has 0 rings (SSSR count). The van der Waals surface area contributed by atoms with Gasteiger partial charge in [-0.15, -0.1) is 0 Å². The van der Waals surface area contributed by atoms with E-state index in [0.717, 1.165) is 173 Å². The van der Waals surface area contributed by atoms with Crippen molar-refractivity contribution in [1.82, 2.24) is 0 Å². The van der Waals surface area contributed by atoms with Crippen LogP contribution in [0.4, 0.5) is 0 Å². The molecule has 0 saturated carbocycles. The van der Waals surface area contributed by atoms with Crippen molar-refractivity contribution in [3.63, 3.8) is 0 Å². The number of phosphoric acid groups is 2. The molecule has 19 heteroatoms. The van der Waals surface area contributed by atoms with Crippen LogP contribution in [-0.4, -0.2) is 96.7 Å². The number of aliphatic hydroxyl groups excluding tert-OH is 1. The molecule has 0 heterocycles. The molecule has 0 aromatic carbocycles. The van der Waals surface area contributed by atoms with Crippen LogP contribution in [-0.2, 0) is 65.4 Å². The zero-order chi connectivity index (χ0) is 67.5. The Morgan fingerprint density at radius 3 is 0.913 bits per heavy atom. The van der Waals surface area contributed by atoms with E-state index in [1.807, 2.05) is 0 Å². The Hall–Kier alpha value is -3.50. The van der Waals surface area contributed by atoms with E-state index in [9.17, 15) is 43.2 Å². The summed E-state index contributed by atoms with van der Waals surface area (Å²) in [6.45, 7) is 4.68. The van der Waals surface area contributed by atoms with Gasteiger partial charge in [-0.3, -0.25) is 37.3 Å². The Morgan fingerprint density at radius 1 is 0.304 bits per heavy atom. The third-order valence-corrected chi connectivity index (χ3v) is 17.0. The number of hydrogen-bond acceptors (Lipinski definition) is 15. The van der Waals surface area contributed by atoms with E-state index in [-0.39, 0.29) is 25.7 Å². The normalized spacial score (nSPS) is 14.5. The second kappa shape index (κ2) is 66.1. The number of allylic oxidation sites excluding steroid dienone is 12. The maximum atomic E-state index is 13.0. The topological polar surface area (TPSA) is 237 Å². The van der Waals surface area contributed by atoms with E-state index in [1.54, 1.807) is 0 Å². The lowest BCUT2D eigenvalue weighted by Gasteiger charge is -2.21. The fourth-order valence-electron chi connectivity index (χ4n) is 9.50. The van der Waals surface area contributed by atoms with Gasteiger partial charge in [0.25, 0.3) is 0 Å². The molecule has 0 aromatic heterocycles. The molecule has 0 aliphatic carbocycles. The van der Waals surface area contributed by atoms with Gasteiger partial charge in [0, 0.05) is 25.7 Å². The predicted molar refractivity (Wildman–Crippen MR) is 372 cm³/mol. The summed E-state index contributed by atoms with van der Waals surface area (Å²) in [7, 11) is -9.94. The molecule has 0 aliphatic heterocycles. The number of carbonyl (C=O) groups excluding carboxylic acids is 4. The molecule has 17 nitrogen and oxygen atoms in total. The zero-order valence-corrected chi connectivity index (χ0v) is 59.8. The lowest BCUT2D eigenvalue weighted by molar-refractivity contribution is -0.161. The number of unbranched alkanes of at least 4 members (excludes halogenated alkanes) is 30. The minimum absolute atomic E-state index is 0.0772. The summed E-state index contributed by atoms with van der Waals surface area (Å²) in [4.78, 5) is 72.6. The van der Waals surface area contributed by atoms with Gasteiger partial charge in [-0.1, -0.05) is 229 Å². The second-order valence-corrected chi connectivity index (χ2v) is 27.1. The van der Waals surface area contributed by atoms with Crippen molar-refractivity contribution >= 4 is 39.5 Å². The van der Waals surface area contributed by atoms with E-state index < -0.39 is 97.5 Å². The molecule has 0 spiro atoms. The van der Waals surface area contributed by atoms with Gasteiger partial charge in [-0.2, -0.15) is 0 Å². The average Bonchev–Trinajstić information content (AvgIpc) is 1.82. The summed E-state index contributed by atoms with van der Waals surface area (Å²) >= 11 is 0. The number of hydrogen-bond donors (Lipinski definition) is 3. The number of esters is 4. The van der Waals surface area contributed by atoms with E-state index in [1.165, 1.54) is 57.8 Å². The van der Waals surface area contributed by atoms with E-state index in [0.29, 0.717) is 25.7 Å². The molecule has 0 fully saturated rings. The van der Waals surface area contributed by atoms with Gasteiger partial charge >= 0.3 is 39.5 Å².